The first kappa shape index (κ1) is 19.7. The van der Waals surface area contributed by atoms with E-state index in [-0.39, 0.29) is 24.9 Å². The monoisotopic (exact) mass is 383 g/mol. The van der Waals surface area contributed by atoms with Gasteiger partial charge in [-0.1, -0.05) is 36.4 Å². The Balaban J connectivity index is 2.00. The first-order chi connectivity index (χ1) is 13.6. The molecule has 0 bridgehead atoms. The second-order valence-corrected chi connectivity index (χ2v) is 6.63. The number of hydrogen-bond acceptors (Lipinski definition) is 5. The summed E-state index contributed by atoms with van der Waals surface area (Å²) < 4.78 is 16.0. The Hall–Kier alpha value is -3.02. The van der Waals surface area contributed by atoms with E-state index < -0.39 is 12.0 Å². The number of likely N-dealkylation sites (tertiary alicyclic amines) is 1. The zero-order valence-electron chi connectivity index (χ0n) is 16.4. The van der Waals surface area contributed by atoms with E-state index in [0.29, 0.717) is 18.0 Å². The molecule has 3 rings (SSSR count). The number of carbonyl (C=O) groups is 2. The van der Waals surface area contributed by atoms with Crippen LogP contribution in [-0.2, 0) is 20.9 Å². The Morgan fingerprint density at radius 1 is 1.07 bits per heavy atom. The first-order valence-electron chi connectivity index (χ1n) is 9.31. The molecule has 1 aliphatic heterocycles. The highest BCUT2D eigenvalue weighted by molar-refractivity contribution is 5.88. The highest BCUT2D eigenvalue weighted by Gasteiger charge is 2.45. The van der Waals surface area contributed by atoms with Gasteiger partial charge >= 0.3 is 5.97 Å². The maximum atomic E-state index is 12.8. The van der Waals surface area contributed by atoms with Crippen LogP contribution in [0.2, 0.25) is 0 Å². The van der Waals surface area contributed by atoms with Crippen molar-refractivity contribution in [3.05, 3.63) is 59.7 Å². The van der Waals surface area contributed by atoms with Gasteiger partial charge in [-0.15, -0.1) is 0 Å². The highest BCUT2D eigenvalue weighted by atomic mass is 16.5. The largest absolute Gasteiger partial charge is 0.493 e. The Bertz CT molecular complexity index is 836. The van der Waals surface area contributed by atoms with E-state index in [1.165, 1.54) is 0 Å². The third-order valence-electron chi connectivity index (χ3n) is 4.97. The van der Waals surface area contributed by atoms with Crippen molar-refractivity contribution in [1.82, 2.24) is 4.90 Å². The SMILES string of the molecule is CCOC(=O)C1CC(=O)N(Cc2ccccc2)C1c1ccc(OC)c(OC)c1. The standard InChI is InChI=1S/C22H25NO5/c1-4-28-22(25)17-13-20(24)23(14-15-8-6-5-7-9-15)21(17)16-10-11-18(26-2)19(12-16)27-3/h5-12,17,21H,4,13-14H2,1-3H3. The number of nitrogens with zero attached hydrogens (tertiary/aromatic N) is 1. The fraction of sp³-hybridized carbons (Fsp3) is 0.364. The summed E-state index contributed by atoms with van der Waals surface area (Å²) in [6, 6.07) is 14.8. The van der Waals surface area contributed by atoms with Crippen molar-refractivity contribution in [2.45, 2.75) is 25.9 Å². The van der Waals surface area contributed by atoms with Gasteiger partial charge in [-0.2, -0.15) is 0 Å². The molecule has 0 radical (unpaired) electrons. The van der Waals surface area contributed by atoms with E-state index in [4.69, 9.17) is 14.2 Å². The lowest BCUT2D eigenvalue weighted by Crippen LogP contribution is -2.30. The summed E-state index contributed by atoms with van der Waals surface area (Å²) in [5, 5.41) is 0. The molecule has 2 aromatic carbocycles. The summed E-state index contributed by atoms with van der Waals surface area (Å²) in [7, 11) is 3.13. The van der Waals surface area contributed by atoms with E-state index in [1.54, 1.807) is 32.1 Å². The minimum atomic E-state index is -0.561. The highest BCUT2D eigenvalue weighted by Crippen LogP contribution is 2.42. The predicted molar refractivity (Wildman–Crippen MR) is 104 cm³/mol. The normalized spacial score (nSPS) is 18.8. The fourth-order valence-corrected chi connectivity index (χ4v) is 3.67. The van der Waals surface area contributed by atoms with Crippen molar-refractivity contribution in [1.29, 1.82) is 0 Å². The lowest BCUT2D eigenvalue weighted by atomic mass is 9.93. The molecule has 1 heterocycles. The number of rotatable bonds is 7. The van der Waals surface area contributed by atoms with Gasteiger partial charge in [-0.3, -0.25) is 9.59 Å². The van der Waals surface area contributed by atoms with E-state index in [1.807, 2.05) is 42.5 Å². The average molecular weight is 383 g/mol. The molecule has 148 valence electrons. The molecule has 2 unspecified atom stereocenters. The molecule has 1 amide bonds. The Kier molecular flexibility index (Phi) is 6.19. The topological polar surface area (TPSA) is 65.1 Å². The molecular weight excluding hydrogens is 358 g/mol. The summed E-state index contributed by atoms with van der Waals surface area (Å²) in [5.74, 6) is 0.168. The molecular formula is C22H25NO5. The second kappa shape index (κ2) is 8.78. The van der Waals surface area contributed by atoms with Crippen molar-refractivity contribution in [3.8, 4) is 11.5 Å². The zero-order valence-corrected chi connectivity index (χ0v) is 16.4. The molecule has 1 fully saturated rings. The van der Waals surface area contributed by atoms with Crippen LogP contribution in [0.1, 0.15) is 30.5 Å². The predicted octanol–water partition coefficient (Wildman–Crippen LogP) is 3.36. The third kappa shape index (κ3) is 3.96. The number of ether oxygens (including phenoxy) is 3. The maximum Gasteiger partial charge on any atom is 0.311 e. The van der Waals surface area contributed by atoms with Crippen molar-refractivity contribution >= 4 is 11.9 Å². The van der Waals surface area contributed by atoms with Crippen LogP contribution in [0.4, 0.5) is 0 Å². The summed E-state index contributed by atoms with van der Waals surface area (Å²) in [6.45, 7) is 2.47. The molecule has 0 N–H and O–H groups in total. The van der Waals surface area contributed by atoms with Gasteiger partial charge in [0.1, 0.15) is 0 Å². The number of amides is 1. The van der Waals surface area contributed by atoms with Gasteiger partial charge in [0.25, 0.3) is 0 Å². The number of esters is 1. The van der Waals surface area contributed by atoms with Crippen LogP contribution >= 0.6 is 0 Å². The van der Waals surface area contributed by atoms with E-state index >= 15 is 0 Å². The van der Waals surface area contributed by atoms with Crippen LogP contribution in [0.25, 0.3) is 0 Å². The van der Waals surface area contributed by atoms with Gasteiger partial charge in [-0.25, -0.2) is 0 Å². The number of carbonyl (C=O) groups excluding carboxylic acids is 2. The molecule has 0 spiro atoms. The van der Waals surface area contributed by atoms with Gasteiger partial charge in [-0.05, 0) is 30.2 Å². The quantitative estimate of drug-likeness (QED) is 0.686. The molecule has 1 saturated heterocycles. The average Bonchev–Trinajstić information content (AvgIpc) is 3.04. The van der Waals surface area contributed by atoms with Gasteiger partial charge in [0.2, 0.25) is 5.91 Å². The van der Waals surface area contributed by atoms with E-state index in [2.05, 4.69) is 0 Å². The van der Waals surface area contributed by atoms with Crippen LogP contribution in [0, 0.1) is 5.92 Å². The number of methoxy groups -OCH3 is 2. The molecule has 2 aromatic rings. The molecule has 0 saturated carbocycles. The van der Waals surface area contributed by atoms with Crippen LogP contribution in [0.15, 0.2) is 48.5 Å². The number of hydrogen-bond donors (Lipinski definition) is 0. The summed E-state index contributed by atoms with van der Waals surface area (Å²) in [4.78, 5) is 27.2. The molecule has 2 atom stereocenters. The van der Waals surface area contributed by atoms with Crippen LogP contribution < -0.4 is 9.47 Å². The Morgan fingerprint density at radius 2 is 1.79 bits per heavy atom. The summed E-state index contributed by atoms with van der Waals surface area (Å²) >= 11 is 0. The van der Waals surface area contributed by atoms with Crippen molar-refractivity contribution < 1.29 is 23.8 Å². The van der Waals surface area contributed by atoms with Crippen molar-refractivity contribution in [2.24, 2.45) is 5.92 Å². The molecule has 1 aliphatic rings. The molecule has 6 nitrogen and oxygen atoms in total. The zero-order chi connectivity index (χ0) is 20.1. The third-order valence-corrected chi connectivity index (χ3v) is 4.97. The summed E-state index contributed by atoms with van der Waals surface area (Å²) in [6.07, 6.45) is 0.130. The second-order valence-electron chi connectivity index (χ2n) is 6.63. The molecule has 0 aliphatic carbocycles. The molecule has 0 aromatic heterocycles. The van der Waals surface area contributed by atoms with Crippen LogP contribution in [-0.4, -0.2) is 37.6 Å². The molecule has 6 heteroatoms. The lowest BCUT2D eigenvalue weighted by Gasteiger charge is -2.28. The van der Waals surface area contributed by atoms with E-state index in [9.17, 15) is 9.59 Å². The minimum absolute atomic E-state index is 0.0679. The van der Waals surface area contributed by atoms with Crippen LogP contribution in [0.3, 0.4) is 0 Å². The van der Waals surface area contributed by atoms with Gasteiger partial charge in [0, 0.05) is 13.0 Å². The van der Waals surface area contributed by atoms with E-state index in [0.717, 1.165) is 11.1 Å². The van der Waals surface area contributed by atoms with Crippen LogP contribution in [0.5, 0.6) is 11.5 Å². The summed E-state index contributed by atoms with van der Waals surface area (Å²) in [5.41, 5.74) is 1.82. The maximum absolute atomic E-state index is 12.8. The van der Waals surface area contributed by atoms with Gasteiger partial charge in [0.05, 0.1) is 32.8 Å². The fourth-order valence-electron chi connectivity index (χ4n) is 3.67. The Labute approximate surface area is 165 Å². The van der Waals surface area contributed by atoms with Gasteiger partial charge < -0.3 is 19.1 Å². The minimum Gasteiger partial charge on any atom is -0.493 e. The van der Waals surface area contributed by atoms with Gasteiger partial charge in [0.15, 0.2) is 11.5 Å². The van der Waals surface area contributed by atoms with Crippen molar-refractivity contribution in [2.75, 3.05) is 20.8 Å². The smallest absolute Gasteiger partial charge is 0.311 e. The number of benzene rings is 2. The Morgan fingerprint density at radius 3 is 2.43 bits per heavy atom. The first-order valence-corrected chi connectivity index (χ1v) is 9.31. The molecule has 28 heavy (non-hydrogen) atoms. The van der Waals surface area contributed by atoms with Crippen molar-refractivity contribution in [3.63, 3.8) is 0 Å². The lowest BCUT2D eigenvalue weighted by molar-refractivity contribution is -0.149.